The average molecular weight is 202 g/mol. The summed E-state index contributed by atoms with van der Waals surface area (Å²) < 4.78 is 0. The topological polar surface area (TPSA) is 28.5 Å². The largest absolute Gasteiger partial charge is 5.00 e. The zero-order valence-corrected chi connectivity index (χ0v) is 8.50. The van der Waals surface area contributed by atoms with Crippen molar-refractivity contribution in [2.75, 3.05) is 0 Å². The average Bonchev–Trinajstić information content (AvgIpc) is 0. The summed E-state index contributed by atoms with van der Waals surface area (Å²) in [6.45, 7) is 0. The molecule has 0 saturated carbocycles. The van der Waals surface area contributed by atoms with Gasteiger partial charge in [0.1, 0.15) is 0 Å². The van der Waals surface area contributed by atoms with Gasteiger partial charge in [-0.15, -0.1) is 0 Å². The Bertz CT molecular complexity index is 8.00. The normalized spacial score (nSPS) is 0. The van der Waals surface area contributed by atoms with E-state index < -0.39 is 0 Å². The van der Waals surface area contributed by atoms with Crippen LogP contribution < -0.4 is 0 Å². The molecule has 0 spiro atoms. The van der Waals surface area contributed by atoms with Gasteiger partial charge in [-0.25, -0.2) is 0 Å². The molecule has 0 aromatic rings. The first-order chi connectivity index (χ1) is 0. The van der Waals surface area contributed by atoms with Gasteiger partial charge in [0.05, 0.1) is 0 Å². The van der Waals surface area contributed by atoms with Crippen LogP contribution in [0, 0.1) is 0 Å². The molecule has 0 aliphatic heterocycles. The van der Waals surface area contributed by atoms with Crippen molar-refractivity contribution in [1.82, 2.24) is 0 Å². The first kappa shape index (κ1) is 29.6. The predicted molar refractivity (Wildman–Crippen MR) is 6.44 cm³/mol. The Kier molecular flexibility index (Phi) is 127. The first-order valence-electron chi connectivity index (χ1n) is 0. The van der Waals surface area contributed by atoms with Crippen LogP contribution in [0.25, 0.3) is 0 Å². The van der Waals surface area contributed by atoms with Crippen molar-refractivity contribution in [3.8, 4) is 0 Å². The van der Waals surface area contributed by atoms with E-state index >= 15 is 0 Å². The molecule has 0 N–H and O–H groups in total. The van der Waals surface area contributed by atoms with Crippen molar-refractivity contribution >= 4 is 45.5 Å². The van der Waals surface area contributed by atoms with Gasteiger partial charge < -0.3 is 5.48 Å². The van der Waals surface area contributed by atoms with Gasteiger partial charge in [-0.05, 0) is 0 Å². The van der Waals surface area contributed by atoms with E-state index in [1.165, 1.54) is 0 Å². The molecule has 0 radical (unpaired) electrons. The molecule has 0 rings (SSSR count). The van der Waals surface area contributed by atoms with Gasteiger partial charge in [-0.3, -0.25) is 0 Å². The van der Waals surface area contributed by atoms with Crippen LogP contribution in [0.5, 0.6) is 0 Å². The Morgan fingerprint density at radius 2 is 1.00 bits per heavy atom. The first-order valence-corrected chi connectivity index (χ1v) is 0. The van der Waals surface area contributed by atoms with E-state index in [-0.39, 0.29) is 91.2 Å². The fraction of sp³-hybridized carbons (Fsp3) is 0. The maximum atomic E-state index is 0. The molecule has 0 unspecified atom stereocenters. The third kappa shape index (κ3) is 8.83. The summed E-state index contributed by atoms with van der Waals surface area (Å²) in [6, 6.07) is 0. The molecule has 0 aliphatic rings. The second kappa shape index (κ2) is 17.2. The van der Waals surface area contributed by atoms with Crippen molar-refractivity contribution in [1.29, 1.82) is 0 Å². The van der Waals surface area contributed by atoms with Gasteiger partial charge in [-0.2, -0.15) is 0 Å². The molecule has 0 atom stereocenters. The molecular weight excluding hydrogens is 202 g/mol. The van der Waals surface area contributed by atoms with E-state index in [4.69, 9.17) is 0 Å². The summed E-state index contributed by atoms with van der Waals surface area (Å²) >= 11 is 0. The summed E-state index contributed by atoms with van der Waals surface area (Å²) in [5.41, 5.74) is 0. The van der Waals surface area contributed by atoms with Crippen LogP contribution in [-0.2, 0) is 45.7 Å². The zero-order chi connectivity index (χ0) is 0. The van der Waals surface area contributed by atoms with E-state index in [1.54, 1.807) is 0 Å². The Hall–Kier alpha value is 2.74. The fourth-order valence-corrected chi connectivity index (χ4v) is 0. The number of hydrogen-bond acceptors (Lipinski definition) is 0. The van der Waals surface area contributed by atoms with Crippen molar-refractivity contribution in [2.24, 2.45) is 0 Å². The monoisotopic (exact) mass is 203 g/mol. The smallest absolute Gasteiger partial charge is 2.00 e. The molecule has 0 amide bonds. The second-order valence-electron chi connectivity index (χ2n) is 0. The molecule has 0 heterocycles. The Labute approximate surface area is 89.3 Å². The minimum atomic E-state index is 0. The summed E-state index contributed by atoms with van der Waals surface area (Å²) in [5, 5.41) is 0. The van der Waals surface area contributed by atoms with Crippen molar-refractivity contribution in [3.05, 3.63) is 0 Å². The van der Waals surface area contributed by atoms with Gasteiger partial charge in [0.15, 0.2) is 0 Å². The SMILES string of the molecule is [O-2].[Sr+2].[Ti+4].[V+5]. The Balaban J connectivity index is 0. The predicted octanol–water partition coefficient (Wildman–Crippen LogP) is -0.505. The van der Waals surface area contributed by atoms with Gasteiger partial charge in [0.25, 0.3) is 0 Å². The summed E-state index contributed by atoms with van der Waals surface area (Å²) in [6.07, 6.45) is 0. The van der Waals surface area contributed by atoms with Crippen LogP contribution in [0.3, 0.4) is 0 Å². The van der Waals surface area contributed by atoms with E-state index in [1.807, 2.05) is 0 Å². The van der Waals surface area contributed by atoms with Crippen molar-refractivity contribution in [2.45, 2.75) is 0 Å². The van der Waals surface area contributed by atoms with Crippen LogP contribution in [-0.4, -0.2) is 45.5 Å². The zero-order valence-electron chi connectivity index (χ0n) is 2.06. The molecule has 0 aromatic carbocycles. The minimum absolute atomic E-state index is 0. The summed E-state index contributed by atoms with van der Waals surface area (Å²) in [4.78, 5) is 0. The van der Waals surface area contributed by atoms with Gasteiger partial charge in [0.2, 0.25) is 0 Å². The van der Waals surface area contributed by atoms with Crippen LogP contribution in [0.1, 0.15) is 0 Å². The molecule has 0 aromatic heterocycles. The maximum absolute atomic E-state index is 0. The third-order valence-electron chi connectivity index (χ3n) is 0. The quantitative estimate of drug-likeness (QED) is 0.474. The maximum Gasteiger partial charge on any atom is 5.00 e. The second-order valence-corrected chi connectivity index (χ2v) is 0. The standard InChI is InChI=1S/O.Sr.Ti.V/q-2;+2;+4;+5. The summed E-state index contributed by atoms with van der Waals surface area (Å²) in [7, 11) is 0. The van der Waals surface area contributed by atoms with E-state index in [0.717, 1.165) is 0 Å². The molecule has 0 saturated heterocycles. The van der Waals surface area contributed by atoms with Gasteiger partial charge >= 0.3 is 85.8 Å². The van der Waals surface area contributed by atoms with Crippen molar-refractivity contribution < 1.29 is 45.7 Å². The molecule has 4 heavy (non-hydrogen) atoms. The molecule has 4 heteroatoms. The molecular formula is OSrTiV+9. The summed E-state index contributed by atoms with van der Waals surface area (Å²) in [5.74, 6) is 0. The number of hydrogen-bond donors (Lipinski definition) is 0. The third-order valence-corrected chi connectivity index (χ3v) is 0. The molecule has 0 fully saturated rings. The van der Waals surface area contributed by atoms with Crippen LogP contribution in [0.2, 0.25) is 0 Å². The van der Waals surface area contributed by atoms with E-state index in [9.17, 15) is 0 Å². The molecule has 1 nitrogen and oxygen atoms in total. The number of rotatable bonds is 0. The van der Waals surface area contributed by atoms with Crippen molar-refractivity contribution in [3.63, 3.8) is 0 Å². The Morgan fingerprint density at radius 1 is 1.00 bits per heavy atom. The fourth-order valence-electron chi connectivity index (χ4n) is 0. The van der Waals surface area contributed by atoms with Crippen LogP contribution in [0.4, 0.5) is 0 Å². The van der Waals surface area contributed by atoms with Crippen LogP contribution in [0.15, 0.2) is 0 Å². The Morgan fingerprint density at radius 3 is 1.00 bits per heavy atom. The molecule has 0 aliphatic carbocycles. The van der Waals surface area contributed by atoms with Gasteiger partial charge in [0, 0.05) is 0 Å². The molecule has 8 valence electrons. The molecule has 0 bridgehead atoms. The minimum Gasteiger partial charge on any atom is -2.00 e. The van der Waals surface area contributed by atoms with E-state index in [2.05, 4.69) is 0 Å². The van der Waals surface area contributed by atoms with Gasteiger partial charge in [-0.1, -0.05) is 0 Å². The van der Waals surface area contributed by atoms with Crippen LogP contribution >= 0.6 is 0 Å². The van der Waals surface area contributed by atoms with E-state index in [0.29, 0.717) is 0 Å².